The van der Waals surface area contributed by atoms with Crippen molar-refractivity contribution in [2.75, 3.05) is 5.75 Å². The molecule has 2 amide bonds. The summed E-state index contributed by atoms with van der Waals surface area (Å²) in [5, 5.41) is 2.82. The number of carbonyl (C=O) groups excluding carboxylic acids is 2. The van der Waals surface area contributed by atoms with Crippen molar-refractivity contribution >= 4 is 23.6 Å². The van der Waals surface area contributed by atoms with Crippen LogP contribution in [0.2, 0.25) is 0 Å². The molecule has 0 saturated carbocycles. The van der Waals surface area contributed by atoms with Gasteiger partial charge in [-0.25, -0.2) is 4.39 Å². The van der Waals surface area contributed by atoms with E-state index in [1.54, 1.807) is 23.9 Å². The first kappa shape index (κ1) is 13.6. The van der Waals surface area contributed by atoms with E-state index in [1.807, 2.05) is 0 Å². The molecule has 1 aromatic carbocycles. The van der Waals surface area contributed by atoms with Crippen molar-refractivity contribution < 1.29 is 14.0 Å². The number of amides is 2. The number of imide groups is 1. The van der Waals surface area contributed by atoms with Crippen LogP contribution in [0.4, 0.5) is 4.39 Å². The molecule has 106 valence electrons. The summed E-state index contributed by atoms with van der Waals surface area (Å²) in [5.41, 5.74) is 0.307. The summed E-state index contributed by atoms with van der Waals surface area (Å²) in [6.45, 7) is 2.11. The maximum absolute atomic E-state index is 13.5. The van der Waals surface area contributed by atoms with Crippen molar-refractivity contribution in [2.45, 2.75) is 30.9 Å². The van der Waals surface area contributed by atoms with Crippen LogP contribution in [0.5, 0.6) is 0 Å². The van der Waals surface area contributed by atoms with Gasteiger partial charge in [-0.2, -0.15) is 11.8 Å². The molecule has 20 heavy (non-hydrogen) atoms. The normalized spacial score (nSPS) is 33.5. The summed E-state index contributed by atoms with van der Waals surface area (Å²) < 4.78 is 13.5. The molecule has 2 heterocycles. The first-order valence-corrected chi connectivity index (χ1v) is 7.76. The van der Waals surface area contributed by atoms with Gasteiger partial charge in [-0.05, 0) is 24.1 Å². The fourth-order valence-electron chi connectivity index (χ4n) is 3.47. The number of hydrogen-bond acceptors (Lipinski definition) is 3. The Kier molecular flexibility index (Phi) is 3.32. The molecule has 2 aliphatic heterocycles. The quantitative estimate of drug-likeness (QED) is 0.809. The Balaban J connectivity index is 2.04. The molecule has 2 aliphatic rings. The van der Waals surface area contributed by atoms with Crippen LogP contribution >= 0.6 is 11.8 Å². The number of hydrogen-bond donors (Lipinski definition) is 1. The van der Waals surface area contributed by atoms with Gasteiger partial charge in [0.25, 0.3) is 0 Å². The van der Waals surface area contributed by atoms with E-state index in [2.05, 4.69) is 12.2 Å². The summed E-state index contributed by atoms with van der Waals surface area (Å²) >= 11 is 1.78. The largest absolute Gasteiger partial charge is 0.296 e. The molecule has 0 bridgehead atoms. The first-order valence-electron chi connectivity index (χ1n) is 6.71. The smallest absolute Gasteiger partial charge is 0.234 e. The molecule has 5 heteroatoms. The van der Waals surface area contributed by atoms with Crippen LogP contribution in [0.1, 0.15) is 31.2 Å². The second-order valence-electron chi connectivity index (χ2n) is 5.77. The number of nitrogens with one attached hydrogen (secondary N) is 1. The van der Waals surface area contributed by atoms with E-state index in [0.29, 0.717) is 17.2 Å². The maximum Gasteiger partial charge on any atom is 0.234 e. The molecule has 3 atom stereocenters. The molecule has 0 aliphatic carbocycles. The van der Waals surface area contributed by atoms with Crippen molar-refractivity contribution in [3.05, 3.63) is 35.6 Å². The Hall–Kier alpha value is -1.36. The minimum absolute atomic E-state index is 0.211. The van der Waals surface area contributed by atoms with Crippen molar-refractivity contribution in [1.29, 1.82) is 0 Å². The third-order valence-corrected chi connectivity index (χ3v) is 5.66. The summed E-state index contributed by atoms with van der Waals surface area (Å²) in [4.78, 5) is 24.1. The monoisotopic (exact) mass is 293 g/mol. The lowest BCUT2D eigenvalue weighted by Crippen LogP contribution is -2.51. The van der Waals surface area contributed by atoms with Crippen LogP contribution in [0.15, 0.2) is 24.3 Å². The fourth-order valence-corrected chi connectivity index (χ4v) is 4.92. The number of piperidine rings is 1. The fraction of sp³-hybridized carbons (Fsp3) is 0.467. The molecule has 0 radical (unpaired) electrons. The number of thioether (sulfide) groups is 1. The number of halogens is 1. The third-order valence-electron chi connectivity index (χ3n) is 4.18. The Morgan fingerprint density at radius 1 is 1.40 bits per heavy atom. The van der Waals surface area contributed by atoms with Crippen LogP contribution in [-0.4, -0.2) is 22.8 Å². The van der Waals surface area contributed by atoms with E-state index < -0.39 is 5.92 Å². The SMILES string of the molecule is CC1CC2(CS1)CC(=O)NC(=O)C2c1cccc(F)c1. The molecule has 3 nitrogen and oxygen atoms in total. The van der Waals surface area contributed by atoms with Gasteiger partial charge in [-0.15, -0.1) is 0 Å². The highest BCUT2D eigenvalue weighted by atomic mass is 32.2. The van der Waals surface area contributed by atoms with E-state index in [0.717, 1.165) is 12.2 Å². The van der Waals surface area contributed by atoms with Gasteiger partial charge in [-0.1, -0.05) is 19.1 Å². The van der Waals surface area contributed by atoms with Gasteiger partial charge < -0.3 is 0 Å². The highest BCUT2D eigenvalue weighted by Gasteiger charge is 2.52. The summed E-state index contributed by atoms with van der Waals surface area (Å²) in [6.07, 6.45) is 1.16. The molecular weight excluding hydrogens is 277 g/mol. The average Bonchev–Trinajstić information content (AvgIpc) is 2.69. The van der Waals surface area contributed by atoms with Crippen LogP contribution in [0.25, 0.3) is 0 Å². The summed E-state index contributed by atoms with van der Waals surface area (Å²) in [6, 6.07) is 6.18. The van der Waals surface area contributed by atoms with Gasteiger partial charge >= 0.3 is 0 Å². The predicted octanol–water partition coefficient (Wildman–Crippen LogP) is 2.47. The lowest BCUT2D eigenvalue weighted by molar-refractivity contribution is -0.139. The maximum atomic E-state index is 13.5. The van der Waals surface area contributed by atoms with Crippen molar-refractivity contribution in [1.82, 2.24) is 5.32 Å². The van der Waals surface area contributed by atoms with Crippen LogP contribution in [0, 0.1) is 11.2 Å². The first-order chi connectivity index (χ1) is 9.50. The van der Waals surface area contributed by atoms with Gasteiger partial charge in [0, 0.05) is 22.8 Å². The molecule has 3 unspecified atom stereocenters. The minimum atomic E-state index is -0.437. The predicted molar refractivity (Wildman–Crippen MR) is 75.9 cm³/mol. The molecule has 0 aromatic heterocycles. The Morgan fingerprint density at radius 2 is 2.20 bits per heavy atom. The standard InChI is InChI=1S/C15H16FNO2S/c1-9-6-15(8-20-9)7-12(18)17-14(19)13(15)10-3-2-4-11(16)5-10/h2-5,9,13H,6-8H2,1H3,(H,17,18,19). The second-order valence-corrected chi connectivity index (χ2v) is 7.19. The molecule has 1 N–H and O–H groups in total. The molecular formula is C15H16FNO2S. The van der Waals surface area contributed by atoms with Crippen molar-refractivity contribution in [3.8, 4) is 0 Å². The van der Waals surface area contributed by atoms with E-state index in [-0.39, 0.29) is 23.0 Å². The summed E-state index contributed by atoms with van der Waals surface area (Å²) in [5.74, 6) is -0.512. The van der Waals surface area contributed by atoms with E-state index in [9.17, 15) is 14.0 Å². The molecule has 2 saturated heterocycles. The molecule has 3 rings (SSSR count). The molecule has 1 aromatic rings. The van der Waals surface area contributed by atoms with Crippen molar-refractivity contribution in [2.24, 2.45) is 5.41 Å². The topological polar surface area (TPSA) is 46.2 Å². The molecule has 2 fully saturated rings. The van der Waals surface area contributed by atoms with E-state index in [4.69, 9.17) is 0 Å². The number of rotatable bonds is 1. The lowest BCUT2D eigenvalue weighted by atomic mass is 9.66. The van der Waals surface area contributed by atoms with Gasteiger partial charge in [0.05, 0.1) is 5.92 Å². The van der Waals surface area contributed by atoms with Crippen LogP contribution in [0.3, 0.4) is 0 Å². The van der Waals surface area contributed by atoms with Crippen LogP contribution < -0.4 is 5.32 Å². The highest BCUT2D eigenvalue weighted by molar-refractivity contribution is 8.00. The van der Waals surface area contributed by atoms with Crippen LogP contribution in [-0.2, 0) is 9.59 Å². The Labute approximate surface area is 121 Å². The van der Waals surface area contributed by atoms with Gasteiger partial charge in [0.1, 0.15) is 5.82 Å². The van der Waals surface area contributed by atoms with Gasteiger partial charge in [0.2, 0.25) is 11.8 Å². The number of carbonyl (C=O) groups is 2. The highest BCUT2D eigenvalue weighted by Crippen LogP contribution is 2.53. The second kappa shape index (κ2) is 4.88. The minimum Gasteiger partial charge on any atom is -0.296 e. The third kappa shape index (κ3) is 2.24. The zero-order chi connectivity index (χ0) is 14.3. The zero-order valence-corrected chi connectivity index (χ0v) is 12.0. The molecule has 1 spiro atoms. The van der Waals surface area contributed by atoms with Gasteiger partial charge in [0.15, 0.2) is 0 Å². The Bertz CT molecular complexity index is 577. The van der Waals surface area contributed by atoms with E-state index >= 15 is 0 Å². The van der Waals surface area contributed by atoms with Gasteiger partial charge in [-0.3, -0.25) is 14.9 Å². The van der Waals surface area contributed by atoms with Crippen molar-refractivity contribution in [3.63, 3.8) is 0 Å². The van der Waals surface area contributed by atoms with E-state index in [1.165, 1.54) is 12.1 Å². The average molecular weight is 293 g/mol. The number of benzene rings is 1. The summed E-state index contributed by atoms with van der Waals surface area (Å²) in [7, 11) is 0. The lowest BCUT2D eigenvalue weighted by Gasteiger charge is -2.39. The Morgan fingerprint density at radius 3 is 2.85 bits per heavy atom. The zero-order valence-electron chi connectivity index (χ0n) is 11.2.